The minimum Gasteiger partial charge on any atom is -0.325 e. The lowest BCUT2D eigenvalue weighted by molar-refractivity contribution is 0.0779. The highest BCUT2D eigenvalue weighted by Gasteiger charge is 2.24. The van der Waals surface area contributed by atoms with Crippen molar-refractivity contribution in [3.05, 3.63) is 22.1 Å². The molecule has 1 saturated carbocycles. The Morgan fingerprint density at radius 1 is 1.44 bits per heavy atom. The van der Waals surface area contributed by atoms with Gasteiger partial charge in [-0.15, -0.1) is 0 Å². The molecule has 0 atom stereocenters. The Morgan fingerprint density at radius 2 is 2.12 bits per heavy atom. The molecule has 1 aromatic rings. The van der Waals surface area contributed by atoms with Gasteiger partial charge in [0.05, 0.1) is 5.69 Å². The number of rotatable bonds is 2. The average molecular weight is 223 g/mol. The van der Waals surface area contributed by atoms with E-state index in [-0.39, 0.29) is 23.9 Å². The van der Waals surface area contributed by atoms with Gasteiger partial charge in [0, 0.05) is 18.5 Å². The van der Waals surface area contributed by atoms with Gasteiger partial charge in [-0.3, -0.25) is 14.7 Å². The third-order valence-electron chi connectivity index (χ3n) is 3.17. The van der Waals surface area contributed by atoms with E-state index in [2.05, 4.69) is 5.10 Å². The summed E-state index contributed by atoms with van der Waals surface area (Å²) >= 11 is 0. The number of aromatic amines is 1. The van der Waals surface area contributed by atoms with Gasteiger partial charge in [-0.25, -0.2) is 0 Å². The number of H-pyrrole nitrogens is 1. The molecule has 0 aromatic carbocycles. The van der Waals surface area contributed by atoms with Crippen LogP contribution < -0.4 is 11.3 Å². The van der Waals surface area contributed by atoms with Gasteiger partial charge in [0.1, 0.15) is 0 Å². The van der Waals surface area contributed by atoms with Gasteiger partial charge in [-0.2, -0.15) is 4.68 Å². The Kier molecular flexibility index (Phi) is 3.24. The van der Waals surface area contributed by atoms with Crippen LogP contribution in [0.15, 0.2) is 10.9 Å². The predicted octanol–water partition coefficient (Wildman–Crippen LogP) is 0.856. The molecule has 16 heavy (non-hydrogen) atoms. The molecule has 0 saturated heterocycles. The summed E-state index contributed by atoms with van der Waals surface area (Å²) in [6.07, 6.45) is 5.13. The summed E-state index contributed by atoms with van der Waals surface area (Å²) in [5.41, 5.74) is 5.73. The van der Waals surface area contributed by atoms with E-state index in [0.29, 0.717) is 5.69 Å². The third kappa shape index (κ3) is 2.09. The van der Waals surface area contributed by atoms with Crippen molar-refractivity contribution in [3.8, 4) is 0 Å². The molecule has 0 amide bonds. The van der Waals surface area contributed by atoms with E-state index in [1.165, 1.54) is 12.5 Å². The number of carbonyl (C=O) groups is 1. The van der Waals surface area contributed by atoms with Crippen molar-refractivity contribution in [2.24, 2.45) is 11.7 Å². The number of hydrogen-bond acceptors (Lipinski definition) is 3. The molecule has 0 aliphatic heterocycles. The molecule has 88 valence electrons. The molecule has 5 nitrogen and oxygen atoms in total. The topological polar surface area (TPSA) is 80.9 Å². The fourth-order valence-electron chi connectivity index (χ4n) is 2.24. The molecule has 1 fully saturated rings. The van der Waals surface area contributed by atoms with Gasteiger partial charge < -0.3 is 5.73 Å². The molecule has 1 aliphatic carbocycles. The van der Waals surface area contributed by atoms with Crippen molar-refractivity contribution in [1.82, 2.24) is 9.78 Å². The molecule has 2 rings (SSSR count). The van der Waals surface area contributed by atoms with Crippen molar-refractivity contribution in [2.45, 2.75) is 38.6 Å². The second-order valence-electron chi connectivity index (χ2n) is 4.33. The lowest BCUT2D eigenvalue weighted by atomic mass is 9.89. The quantitative estimate of drug-likeness (QED) is 0.780. The van der Waals surface area contributed by atoms with Gasteiger partial charge >= 0.3 is 0 Å². The zero-order valence-corrected chi connectivity index (χ0v) is 9.24. The maximum Gasteiger partial charge on any atom is 0.273 e. The standard InChI is InChI=1S/C11H17N3O2/c12-7-9-6-10(15)14(13-9)11(16)8-4-2-1-3-5-8/h6,8,13H,1-5,7,12H2. The monoisotopic (exact) mass is 223 g/mol. The van der Waals surface area contributed by atoms with E-state index < -0.39 is 0 Å². The van der Waals surface area contributed by atoms with Crippen LogP contribution in [0.3, 0.4) is 0 Å². The van der Waals surface area contributed by atoms with Gasteiger partial charge in [0.25, 0.3) is 11.5 Å². The van der Waals surface area contributed by atoms with Crippen molar-refractivity contribution in [2.75, 3.05) is 0 Å². The molecule has 3 N–H and O–H groups in total. The molecule has 0 spiro atoms. The van der Waals surface area contributed by atoms with Crippen molar-refractivity contribution < 1.29 is 4.79 Å². The summed E-state index contributed by atoms with van der Waals surface area (Å²) in [4.78, 5) is 23.6. The molecular weight excluding hydrogens is 206 g/mol. The Labute approximate surface area is 93.6 Å². The van der Waals surface area contributed by atoms with E-state index >= 15 is 0 Å². The normalized spacial score (nSPS) is 17.6. The Bertz CT molecular complexity index is 427. The third-order valence-corrected chi connectivity index (χ3v) is 3.17. The van der Waals surface area contributed by atoms with E-state index in [9.17, 15) is 9.59 Å². The van der Waals surface area contributed by atoms with Crippen molar-refractivity contribution in [3.63, 3.8) is 0 Å². The number of nitrogens with one attached hydrogen (secondary N) is 1. The first-order chi connectivity index (χ1) is 7.72. The minimum absolute atomic E-state index is 0.00396. The second-order valence-corrected chi connectivity index (χ2v) is 4.33. The summed E-state index contributed by atoms with van der Waals surface area (Å²) in [7, 11) is 0. The van der Waals surface area contributed by atoms with Crippen LogP contribution in [0.1, 0.15) is 42.6 Å². The van der Waals surface area contributed by atoms with Crippen molar-refractivity contribution in [1.29, 1.82) is 0 Å². The van der Waals surface area contributed by atoms with Gasteiger partial charge in [0.15, 0.2) is 0 Å². The summed E-state index contributed by atoms with van der Waals surface area (Å²) in [5.74, 6) is -0.111. The number of carbonyl (C=O) groups excluding carboxylic acids is 1. The number of hydrogen-bond donors (Lipinski definition) is 2. The van der Waals surface area contributed by atoms with Crippen LogP contribution in [0.2, 0.25) is 0 Å². The zero-order valence-electron chi connectivity index (χ0n) is 9.24. The Morgan fingerprint density at radius 3 is 2.69 bits per heavy atom. The molecule has 0 unspecified atom stereocenters. The molecule has 0 radical (unpaired) electrons. The fraction of sp³-hybridized carbons (Fsp3) is 0.636. The van der Waals surface area contributed by atoms with Gasteiger partial charge in [-0.05, 0) is 12.8 Å². The first kappa shape index (κ1) is 11.1. The maximum absolute atomic E-state index is 12.0. The zero-order chi connectivity index (χ0) is 11.5. The summed E-state index contributed by atoms with van der Waals surface area (Å²) < 4.78 is 1.11. The van der Waals surface area contributed by atoms with E-state index in [1.807, 2.05) is 0 Å². The smallest absolute Gasteiger partial charge is 0.273 e. The number of aromatic nitrogens is 2. The molecule has 0 bridgehead atoms. The van der Waals surface area contributed by atoms with Crippen LogP contribution in [0.4, 0.5) is 0 Å². The highest BCUT2D eigenvalue weighted by molar-refractivity contribution is 5.80. The second kappa shape index (κ2) is 4.65. The maximum atomic E-state index is 12.0. The van der Waals surface area contributed by atoms with Crippen LogP contribution in [0.25, 0.3) is 0 Å². The molecular formula is C11H17N3O2. The lowest BCUT2D eigenvalue weighted by Gasteiger charge is -2.19. The molecule has 1 aliphatic rings. The Hall–Kier alpha value is -1.36. The molecule has 1 heterocycles. The van der Waals surface area contributed by atoms with Crippen LogP contribution in [0, 0.1) is 5.92 Å². The van der Waals surface area contributed by atoms with Crippen molar-refractivity contribution >= 4 is 5.91 Å². The van der Waals surface area contributed by atoms with Gasteiger partial charge in [0.2, 0.25) is 0 Å². The first-order valence-corrected chi connectivity index (χ1v) is 5.77. The number of nitrogens with zero attached hydrogens (tertiary/aromatic N) is 1. The van der Waals surface area contributed by atoms with Crippen LogP contribution in [0.5, 0.6) is 0 Å². The predicted molar refractivity (Wildman–Crippen MR) is 60.1 cm³/mol. The highest BCUT2D eigenvalue weighted by atomic mass is 16.2. The summed E-state index contributed by atoms with van der Waals surface area (Å²) in [5, 5.41) is 2.76. The van der Waals surface area contributed by atoms with Crippen LogP contribution in [-0.2, 0) is 6.54 Å². The first-order valence-electron chi connectivity index (χ1n) is 5.77. The van der Waals surface area contributed by atoms with E-state index in [0.717, 1.165) is 30.4 Å². The SMILES string of the molecule is NCc1cc(=O)n(C(=O)C2CCCCC2)[nH]1. The van der Waals surface area contributed by atoms with Crippen LogP contribution >= 0.6 is 0 Å². The molecule has 1 aromatic heterocycles. The van der Waals surface area contributed by atoms with Crippen LogP contribution in [-0.4, -0.2) is 15.7 Å². The fourth-order valence-corrected chi connectivity index (χ4v) is 2.24. The lowest BCUT2D eigenvalue weighted by Crippen LogP contribution is -2.31. The highest BCUT2D eigenvalue weighted by Crippen LogP contribution is 2.24. The summed E-state index contributed by atoms with van der Waals surface area (Å²) in [6, 6.07) is 1.39. The van der Waals surface area contributed by atoms with E-state index in [1.54, 1.807) is 0 Å². The summed E-state index contributed by atoms with van der Waals surface area (Å²) in [6.45, 7) is 0.250. The number of nitrogens with two attached hydrogens (primary N) is 1. The van der Waals surface area contributed by atoms with E-state index in [4.69, 9.17) is 5.73 Å². The minimum atomic E-state index is -0.295. The average Bonchev–Trinajstić information content (AvgIpc) is 2.71. The molecule has 5 heteroatoms. The van der Waals surface area contributed by atoms with Gasteiger partial charge in [-0.1, -0.05) is 19.3 Å². The largest absolute Gasteiger partial charge is 0.325 e. The Balaban J connectivity index is 2.19.